The standard InChI is InChI=1S/C7H3BrCl2O3S/c8-6-2-1-4(14(10,12)13)3-5(6)7(9)11/h1-3H. The molecule has 0 saturated heterocycles. The molecule has 0 saturated carbocycles. The van der Waals surface area contributed by atoms with Gasteiger partial charge in [0.15, 0.2) is 0 Å². The topological polar surface area (TPSA) is 51.2 Å². The fourth-order valence-corrected chi connectivity index (χ4v) is 2.28. The van der Waals surface area contributed by atoms with E-state index in [1.807, 2.05) is 0 Å². The molecule has 0 bridgehead atoms. The van der Waals surface area contributed by atoms with E-state index in [1.54, 1.807) is 0 Å². The second-order valence-electron chi connectivity index (χ2n) is 2.35. The van der Waals surface area contributed by atoms with Crippen molar-refractivity contribution in [1.82, 2.24) is 0 Å². The van der Waals surface area contributed by atoms with Gasteiger partial charge >= 0.3 is 0 Å². The van der Waals surface area contributed by atoms with Crippen LogP contribution in [-0.4, -0.2) is 13.7 Å². The van der Waals surface area contributed by atoms with Crippen molar-refractivity contribution in [1.29, 1.82) is 0 Å². The van der Waals surface area contributed by atoms with Crippen LogP contribution in [0.5, 0.6) is 0 Å². The molecule has 1 aromatic rings. The molecule has 0 unspecified atom stereocenters. The van der Waals surface area contributed by atoms with E-state index in [0.29, 0.717) is 4.47 Å². The number of hydrogen-bond acceptors (Lipinski definition) is 3. The number of rotatable bonds is 2. The van der Waals surface area contributed by atoms with Gasteiger partial charge in [0.1, 0.15) is 0 Å². The van der Waals surface area contributed by atoms with Crippen LogP contribution < -0.4 is 0 Å². The highest BCUT2D eigenvalue weighted by molar-refractivity contribution is 9.10. The molecule has 1 rings (SSSR count). The maximum Gasteiger partial charge on any atom is 0.261 e. The normalized spacial score (nSPS) is 11.4. The van der Waals surface area contributed by atoms with E-state index >= 15 is 0 Å². The summed E-state index contributed by atoms with van der Waals surface area (Å²) in [6.45, 7) is 0. The molecule has 0 N–H and O–H groups in total. The van der Waals surface area contributed by atoms with Gasteiger partial charge in [0.05, 0.1) is 4.90 Å². The number of halogens is 3. The maximum atomic E-state index is 10.9. The van der Waals surface area contributed by atoms with E-state index in [1.165, 1.54) is 12.1 Å². The molecule has 3 nitrogen and oxygen atoms in total. The van der Waals surface area contributed by atoms with Gasteiger partial charge in [-0.3, -0.25) is 4.79 Å². The summed E-state index contributed by atoms with van der Waals surface area (Å²) in [5, 5.41) is -0.751. The highest BCUT2D eigenvalue weighted by Crippen LogP contribution is 2.24. The van der Waals surface area contributed by atoms with Crippen LogP contribution in [0.3, 0.4) is 0 Å². The molecular weight excluding hydrogens is 315 g/mol. The van der Waals surface area contributed by atoms with E-state index in [-0.39, 0.29) is 10.5 Å². The third-order valence-corrected chi connectivity index (χ3v) is 3.68. The van der Waals surface area contributed by atoms with Crippen LogP contribution >= 0.6 is 38.2 Å². The summed E-state index contributed by atoms with van der Waals surface area (Å²) in [7, 11) is 1.26. The zero-order valence-corrected chi connectivity index (χ0v) is 10.4. The Morgan fingerprint density at radius 1 is 1.36 bits per heavy atom. The predicted molar refractivity (Wildman–Crippen MR) is 57.4 cm³/mol. The largest absolute Gasteiger partial charge is 0.276 e. The molecule has 0 fully saturated rings. The lowest BCUT2D eigenvalue weighted by Gasteiger charge is -2.00. The fraction of sp³-hybridized carbons (Fsp3) is 0. The third-order valence-electron chi connectivity index (χ3n) is 1.43. The summed E-state index contributed by atoms with van der Waals surface area (Å²) in [4.78, 5) is 10.7. The van der Waals surface area contributed by atoms with Gasteiger partial charge in [0, 0.05) is 20.7 Å². The molecule has 1 aromatic carbocycles. The predicted octanol–water partition coefficient (Wildman–Crippen LogP) is 2.76. The van der Waals surface area contributed by atoms with Gasteiger partial charge in [-0.2, -0.15) is 0 Å². The molecule has 0 atom stereocenters. The first-order valence-electron chi connectivity index (χ1n) is 3.26. The Kier molecular flexibility index (Phi) is 3.58. The van der Waals surface area contributed by atoms with Crippen molar-refractivity contribution in [3.63, 3.8) is 0 Å². The lowest BCUT2D eigenvalue weighted by Crippen LogP contribution is -1.96. The number of benzene rings is 1. The second kappa shape index (κ2) is 4.18. The molecular formula is C7H3BrCl2O3S. The van der Waals surface area contributed by atoms with Gasteiger partial charge < -0.3 is 0 Å². The summed E-state index contributed by atoms with van der Waals surface area (Å²) in [5.74, 6) is 0. The Bertz CT molecular complexity index is 484. The van der Waals surface area contributed by atoms with Crippen LogP contribution in [-0.2, 0) is 9.05 Å². The van der Waals surface area contributed by atoms with Crippen LogP contribution in [0.1, 0.15) is 10.4 Å². The monoisotopic (exact) mass is 316 g/mol. The average molecular weight is 318 g/mol. The highest BCUT2D eigenvalue weighted by Gasteiger charge is 2.14. The van der Waals surface area contributed by atoms with E-state index in [4.69, 9.17) is 22.3 Å². The molecule has 0 amide bonds. The van der Waals surface area contributed by atoms with Crippen LogP contribution in [0.2, 0.25) is 0 Å². The number of carbonyl (C=O) groups excluding carboxylic acids is 1. The van der Waals surface area contributed by atoms with Gasteiger partial charge in [-0.05, 0) is 45.7 Å². The van der Waals surface area contributed by atoms with Crippen molar-refractivity contribution in [2.45, 2.75) is 4.90 Å². The van der Waals surface area contributed by atoms with Gasteiger partial charge in [-0.25, -0.2) is 8.42 Å². The molecule has 14 heavy (non-hydrogen) atoms. The summed E-state index contributed by atoms with van der Waals surface area (Å²) in [6, 6.07) is 3.78. The zero-order valence-electron chi connectivity index (χ0n) is 6.50. The molecule has 0 heterocycles. The maximum absolute atomic E-state index is 10.9. The van der Waals surface area contributed by atoms with E-state index < -0.39 is 14.3 Å². The van der Waals surface area contributed by atoms with E-state index in [2.05, 4.69) is 15.9 Å². The van der Waals surface area contributed by atoms with Crippen LogP contribution in [0.15, 0.2) is 27.6 Å². The van der Waals surface area contributed by atoms with Crippen molar-refractivity contribution in [3.8, 4) is 0 Å². The summed E-state index contributed by atoms with van der Waals surface area (Å²) in [6.07, 6.45) is 0. The minimum absolute atomic E-state index is 0.0633. The molecule has 7 heteroatoms. The molecule has 0 radical (unpaired) electrons. The van der Waals surface area contributed by atoms with Gasteiger partial charge in [0.2, 0.25) is 0 Å². The zero-order chi connectivity index (χ0) is 10.9. The van der Waals surface area contributed by atoms with Gasteiger partial charge in [0.25, 0.3) is 14.3 Å². The van der Waals surface area contributed by atoms with Gasteiger partial charge in [-0.1, -0.05) is 0 Å². The average Bonchev–Trinajstić information content (AvgIpc) is 2.02. The molecule has 0 aliphatic carbocycles. The first kappa shape index (κ1) is 12.0. The lowest BCUT2D eigenvalue weighted by atomic mass is 10.2. The molecule has 76 valence electrons. The fourth-order valence-electron chi connectivity index (χ4n) is 0.807. The Balaban J connectivity index is 3.42. The Hall–Kier alpha value is -0.100. The van der Waals surface area contributed by atoms with Crippen molar-refractivity contribution < 1.29 is 13.2 Å². The van der Waals surface area contributed by atoms with E-state index in [0.717, 1.165) is 6.07 Å². The number of hydrogen-bond donors (Lipinski definition) is 0. The van der Waals surface area contributed by atoms with Crippen molar-refractivity contribution >= 4 is 52.5 Å². The quantitative estimate of drug-likeness (QED) is 0.788. The Morgan fingerprint density at radius 3 is 2.36 bits per heavy atom. The molecule has 0 spiro atoms. The van der Waals surface area contributed by atoms with Crippen molar-refractivity contribution in [2.75, 3.05) is 0 Å². The minimum atomic E-state index is -3.84. The van der Waals surface area contributed by atoms with E-state index in [9.17, 15) is 13.2 Å². The minimum Gasteiger partial charge on any atom is -0.276 e. The first-order chi connectivity index (χ1) is 6.32. The van der Waals surface area contributed by atoms with Crippen molar-refractivity contribution in [3.05, 3.63) is 28.2 Å². The third kappa shape index (κ3) is 2.70. The van der Waals surface area contributed by atoms with Crippen LogP contribution in [0, 0.1) is 0 Å². The van der Waals surface area contributed by atoms with Crippen LogP contribution in [0.25, 0.3) is 0 Å². The Morgan fingerprint density at radius 2 is 1.93 bits per heavy atom. The van der Waals surface area contributed by atoms with Crippen LogP contribution in [0.4, 0.5) is 0 Å². The summed E-state index contributed by atoms with van der Waals surface area (Å²) < 4.78 is 22.2. The molecule has 0 aliphatic heterocycles. The summed E-state index contributed by atoms with van der Waals surface area (Å²) >= 11 is 8.28. The first-order valence-corrected chi connectivity index (χ1v) is 6.74. The van der Waals surface area contributed by atoms with Gasteiger partial charge in [-0.15, -0.1) is 0 Å². The van der Waals surface area contributed by atoms with Crippen molar-refractivity contribution in [2.24, 2.45) is 0 Å². The second-order valence-corrected chi connectivity index (χ2v) is 6.12. The smallest absolute Gasteiger partial charge is 0.261 e. The molecule has 0 aliphatic rings. The summed E-state index contributed by atoms with van der Waals surface area (Å²) in [5.41, 5.74) is 0.0633. The number of carbonyl (C=O) groups is 1. The molecule has 0 aromatic heterocycles. The Labute approximate surface area is 98.6 Å². The lowest BCUT2D eigenvalue weighted by molar-refractivity contribution is 0.108. The SMILES string of the molecule is O=C(Cl)c1cc(S(=O)(=O)Cl)ccc1Br. The highest BCUT2D eigenvalue weighted by atomic mass is 79.9.